The largest absolute Gasteiger partial charge is 0.261 e. The van der Waals surface area contributed by atoms with Gasteiger partial charge in [-0.3, -0.25) is 5.10 Å². The molecule has 14 heavy (non-hydrogen) atoms. The summed E-state index contributed by atoms with van der Waals surface area (Å²) in [5.41, 5.74) is 2.01. The van der Waals surface area contributed by atoms with E-state index in [0.717, 1.165) is 16.6 Å². The number of nitrogens with one attached hydrogen (secondary N) is 1. The average molecular weight is 193 g/mol. The van der Waals surface area contributed by atoms with E-state index in [1.165, 1.54) is 0 Å². The van der Waals surface area contributed by atoms with Gasteiger partial charge in [0, 0.05) is 11.6 Å². The van der Waals surface area contributed by atoms with E-state index < -0.39 is 0 Å². The number of hydrogen-bond donors (Lipinski definition) is 1. The Kier molecular flexibility index (Phi) is 6.37. The van der Waals surface area contributed by atoms with Gasteiger partial charge < -0.3 is 0 Å². The van der Waals surface area contributed by atoms with E-state index in [1.807, 2.05) is 46.9 Å². The quantitative estimate of drug-likeness (QED) is 0.697. The van der Waals surface area contributed by atoms with Crippen molar-refractivity contribution in [3.63, 3.8) is 0 Å². The molecule has 0 aliphatic carbocycles. The molecule has 0 aliphatic rings. The van der Waals surface area contributed by atoms with Crippen molar-refractivity contribution >= 4 is 11.0 Å². The maximum atomic E-state index is 4.12. The van der Waals surface area contributed by atoms with Crippen LogP contribution in [0.1, 0.15) is 33.3 Å². The molecule has 2 aromatic heterocycles. The number of fused-ring (bicyclic) bond motifs is 1. The van der Waals surface area contributed by atoms with Crippen LogP contribution in [-0.2, 0) is 0 Å². The van der Waals surface area contributed by atoms with E-state index in [0.29, 0.717) is 0 Å². The Morgan fingerprint density at radius 2 is 1.71 bits per heavy atom. The SMILES string of the molecule is CC.CC.Cc1cnc2[nH]ncc2c1. The summed E-state index contributed by atoms with van der Waals surface area (Å²) in [4.78, 5) is 4.12. The first-order chi connectivity index (χ1) is 6.86. The third kappa shape index (κ3) is 3.17. The van der Waals surface area contributed by atoms with Crippen molar-refractivity contribution < 1.29 is 0 Å². The summed E-state index contributed by atoms with van der Waals surface area (Å²) < 4.78 is 0. The minimum Gasteiger partial charge on any atom is -0.261 e. The minimum atomic E-state index is 0.852. The summed E-state index contributed by atoms with van der Waals surface area (Å²) in [6.07, 6.45) is 3.59. The van der Waals surface area contributed by atoms with Crippen molar-refractivity contribution in [2.24, 2.45) is 0 Å². The first-order valence-corrected chi connectivity index (χ1v) is 5.12. The fraction of sp³-hybridized carbons (Fsp3) is 0.455. The zero-order chi connectivity index (χ0) is 11.0. The van der Waals surface area contributed by atoms with E-state index in [2.05, 4.69) is 15.2 Å². The second-order valence-corrected chi connectivity index (χ2v) is 2.32. The van der Waals surface area contributed by atoms with E-state index in [4.69, 9.17) is 0 Å². The molecule has 2 heterocycles. The van der Waals surface area contributed by atoms with Crippen LogP contribution in [0.25, 0.3) is 11.0 Å². The first kappa shape index (κ1) is 12.6. The number of rotatable bonds is 0. The van der Waals surface area contributed by atoms with Crippen LogP contribution in [0.3, 0.4) is 0 Å². The molecule has 0 saturated carbocycles. The summed E-state index contributed by atoms with van der Waals surface area (Å²) in [7, 11) is 0. The maximum Gasteiger partial charge on any atom is 0.155 e. The van der Waals surface area contributed by atoms with Gasteiger partial charge in [-0.1, -0.05) is 27.7 Å². The number of nitrogens with zero attached hydrogens (tertiary/aromatic N) is 2. The van der Waals surface area contributed by atoms with Gasteiger partial charge in [-0.2, -0.15) is 5.10 Å². The molecule has 3 heteroatoms. The Bertz CT molecular complexity index is 352. The Balaban J connectivity index is 0.000000379. The molecule has 78 valence electrons. The molecule has 0 spiro atoms. The van der Waals surface area contributed by atoms with Gasteiger partial charge in [-0.25, -0.2) is 4.98 Å². The number of aromatic amines is 1. The van der Waals surface area contributed by atoms with Crippen molar-refractivity contribution in [1.82, 2.24) is 15.2 Å². The molecule has 2 rings (SSSR count). The fourth-order valence-corrected chi connectivity index (χ4v) is 0.947. The van der Waals surface area contributed by atoms with Crippen LogP contribution < -0.4 is 0 Å². The number of hydrogen-bond acceptors (Lipinski definition) is 2. The lowest BCUT2D eigenvalue weighted by molar-refractivity contribution is 1.10. The van der Waals surface area contributed by atoms with Crippen molar-refractivity contribution in [3.05, 3.63) is 24.0 Å². The summed E-state index contributed by atoms with van der Waals surface area (Å²) in [5.74, 6) is 0. The molecule has 0 fully saturated rings. The molecule has 0 atom stereocenters. The molecule has 1 N–H and O–H groups in total. The molecule has 0 bridgehead atoms. The lowest BCUT2D eigenvalue weighted by atomic mass is 10.3. The Morgan fingerprint density at radius 1 is 1.07 bits per heavy atom. The van der Waals surface area contributed by atoms with E-state index in [9.17, 15) is 0 Å². The van der Waals surface area contributed by atoms with Crippen LogP contribution in [0, 0.1) is 6.92 Å². The van der Waals surface area contributed by atoms with E-state index in [1.54, 1.807) is 6.20 Å². The molecular formula is C11H19N3. The van der Waals surface area contributed by atoms with Crippen molar-refractivity contribution in [2.45, 2.75) is 34.6 Å². The third-order valence-electron chi connectivity index (χ3n) is 1.43. The van der Waals surface area contributed by atoms with Gasteiger partial charge in [0.2, 0.25) is 0 Å². The topological polar surface area (TPSA) is 41.6 Å². The highest BCUT2D eigenvalue weighted by atomic mass is 15.1. The summed E-state index contributed by atoms with van der Waals surface area (Å²) in [6.45, 7) is 10.0. The van der Waals surface area contributed by atoms with Gasteiger partial charge in [0.1, 0.15) is 0 Å². The highest BCUT2D eigenvalue weighted by molar-refractivity contribution is 5.73. The fourth-order valence-electron chi connectivity index (χ4n) is 0.947. The second-order valence-electron chi connectivity index (χ2n) is 2.32. The van der Waals surface area contributed by atoms with Gasteiger partial charge in [0.15, 0.2) is 5.65 Å². The van der Waals surface area contributed by atoms with Crippen molar-refractivity contribution in [1.29, 1.82) is 0 Å². The predicted molar refractivity (Wildman–Crippen MR) is 61.3 cm³/mol. The molecule has 0 unspecified atom stereocenters. The Morgan fingerprint density at radius 3 is 2.36 bits per heavy atom. The summed E-state index contributed by atoms with van der Waals surface area (Å²) in [6, 6.07) is 2.05. The van der Waals surface area contributed by atoms with Crippen LogP contribution in [0.15, 0.2) is 18.5 Å². The van der Waals surface area contributed by atoms with E-state index >= 15 is 0 Å². The van der Waals surface area contributed by atoms with Crippen LogP contribution in [0.2, 0.25) is 0 Å². The molecular weight excluding hydrogens is 174 g/mol. The number of pyridine rings is 1. The molecule has 3 nitrogen and oxygen atoms in total. The van der Waals surface area contributed by atoms with Gasteiger partial charge in [0.25, 0.3) is 0 Å². The second kappa shape index (κ2) is 7.06. The molecule has 0 aliphatic heterocycles. The predicted octanol–water partition coefficient (Wildman–Crippen LogP) is 3.32. The zero-order valence-electron chi connectivity index (χ0n) is 9.63. The van der Waals surface area contributed by atoms with E-state index in [-0.39, 0.29) is 0 Å². The Hall–Kier alpha value is -1.38. The lowest BCUT2D eigenvalue weighted by Crippen LogP contribution is -1.77. The first-order valence-electron chi connectivity index (χ1n) is 5.12. The number of aromatic nitrogens is 3. The maximum absolute atomic E-state index is 4.12. The van der Waals surface area contributed by atoms with Gasteiger partial charge in [-0.05, 0) is 18.6 Å². The van der Waals surface area contributed by atoms with Gasteiger partial charge >= 0.3 is 0 Å². The monoisotopic (exact) mass is 193 g/mol. The summed E-state index contributed by atoms with van der Waals surface area (Å²) >= 11 is 0. The van der Waals surface area contributed by atoms with Crippen molar-refractivity contribution in [3.8, 4) is 0 Å². The third-order valence-corrected chi connectivity index (χ3v) is 1.43. The number of aryl methyl sites for hydroxylation is 1. The number of H-pyrrole nitrogens is 1. The van der Waals surface area contributed by atoms with Gasteiger partial charge in [-0.15, -0.1) is 0 Å². The standard InChI is InChI=1S/C7H7N3.2C2H6/c1-5-2-6-4-9-10-7(6)8-3-5;2*1-2/h2-4H,1H3,(H,8,9,10);2*1-2H3. The normalized spacial score (nSPS) is 8.36. The lowest BCUT2D eigenvalue weighted by Gasteiger charge is -1.88. The smallest absolute Gasteiger partial charge is 0.155 e. The highest BCUT2D eigenvalue weighted by Gasteiger charge is 1.93. The van der Waals surface area contributed by atoms with Crippen LogP contribution in [0.4, 0.5) is 0 Å². The van der Waals surface area contributed by atoms with Crippen LogP contribution in [0.5, 0.6) is 0 Å². The molecule has 0 saturated heterocycles. The molecule has 0 amide bonds. The molecule has 0 aromatic carbocycles. The van der Waals surface area contributed by atoms with Crippen molar-refractivity contribution in [2.75, 3.05) is 0 Å². The summed E-state index contributed by atoms with van der Waals surface area (Å²) in [5, 5.41) is 7.71. The minimum absolute atomic E-state index is 0.852. The Labute approximate surface area is 85.6 Å². The zero-order valence-corrected chi connectivity index (χ0v) is 9.63. The van der Waals surface area contributed by atoms with Gasteiger partial charge in [0.05, 0.1) is 6.20 Å². The van der Waals surface area contributed by atoms with Crippen LogP contribution in [-0.4, -0.2) is 15.2 Å². The molecule has 0 radical (unpaired) electrons. The highest BCUT2D eigenvalue weighted by Crippen LogP contribution is 2.07. The van der Waals surface area contributed by atoms with Crippen LogP contribution >= 0.6 is 0 Å². The average Bonchev–Trinajstić information content (AvgIpc) is 2.71. The molecule has 2 aromatic rings.